The van der Waals surface area contributed by atoms with Crippen LogP contribution >= 0.6 is 11.3 Å². The molecule has 1 aliphatic rings. The van der Waals surface area contributed by atoms with Gasteiger partial charge >= 0.3 is 5.97 Å². The van der Waals surface area contributed by atoms with Gasteiger partial charge in [-0.1, -0.05) is 37.3 Å². The first-order valence-corrected chi connectivity index (χ1v) is 10.2. The lowest BCUT2D eigenvalue weighted by atomic mass is 9.95. The molecule has 0 fully saturated rings. The van der Waals surface area contributed by atoms with Crippen molar-refractivity contribution in [2.24, 2.45) is 5.73 Å². The third-order valence-electron chi connectivity index (χ3n) is 4.88. The van der Waals surface area contributed by atoms with E-state index in [1.165, 1.54) is 11.3 Å². The Morgan fingerprint density at radius 2 is 1.89 bits per heavy atom. The molecule has 6 nitrogen and oxygen atoms in total. The SMILES string of the molecule is CC(CC(=O)OCC(=O)Nc1sc2c(c1C(N)=O)CCCC2)c1ccccc1. The Hall–Kier alpha value is -2.67. The first kappa shape index (κ1) is 20.1. The van der Waals surface area contributed by atoms with Crippen LogP contribution in [0.1, 0.15) is 58.5 Å². The van der Waals surface area contributed by atoms with Gasteiger partial charge < -0.3 is 15.8 Å². The van der Waals surface area contributed by atoms with Crippen molar-refractivity contribution in [3.05, 3.63) is 51.9 Å². The summed E-state index contributed by atoms with van der Waals surface area (Å²) < 4.78 is 5.11. The number of amides is 2. The zero-order chi connectivity index (χ0) is 20.1. The number of hydrogen-bond acceptors (Lipinski definition) is 5. The van der Waals surface area contributed by atoms with E-state index in [4.69, 9.17) is 10.5 Å². The van der Waals surface area contributed by atoms with E-state index in [9.17, 15) is 14.4 Å². The highest BCUT2D eigenvalue weighted by Crippen LogP contribution is 2.37. The Morgan fingerprint density at radius 3 is 2.61 bits per heavy atom. The predicted octanol–water partition coefficient (Wildman–Crippen LogP) is 3.40. The van der Waals surface area contributed by atoms with Crippen molar-refractivity contribution >= 4 is 34.1 Å². The summed E-state index contributed by atoms with van der Waals surface area (Å²) in [7, 11) is 0. The molecule has 28 heavy (non-hydrogen) atoms. The Balaban J connectivity index is 1.55. The fourth-order valence-corrected chi connectivity index (χ4v) is 4.74. The minimum absolute atomic E-state index is 0.00208. The van der Waals surface area contributed by atoms with E-state index >= 15 is 0 Å². The summed E-state index contributed by atoms with van der Waals surface area (Å²) in [6.45, 7) is 1.55. The summed E-state index contributed by atoms with van der Waals surface area (Å²) in [6.07, 6.45) is 3.96. The summed E-state index contributed by atoms with van der Waals surface area (Å²) in [5, 5.41) is 3.15. The minimum Gasteiger partial charge on any atom is -0.456 e. The van der Waals surface area contributed by atoms with Crippen LogP contribution in [0.4, 0.5) is 5.00 Å². The van der Waals surface area contributed by atoms with E-state index in [0.29, 0.717) is 10.6 Å². The molecule has 1 aromatic carbocycles. The Kier molecular flexibility index (Phi) is 6.46. The van der Waals surface area contributed by atoms with Crippen LogP contribution in [0.2, 0.25) is 0 Å². The molecule has 0 radical (unpaired) electrons. The second kappa shape index (κ2) is 9.01. The number of ether oxygens (including phenoxy) is 1. The van der Waals surface area contributed by atoms with Crippen molar-refractivity contribution in [3.63, 3.8) is 0 Å². The number of fused-ring (bicyclic) bond motifs is 1. The number of carbonyl (C=O) groups is 3. The number of thiophene rings is 1. The Bertz CT molecular complexity index is 876. The summed E-state index contributed by atoms with van der Waals surface area (Å²) >= 11 is 1.39. The van der Waals surface area contributed by atoms with E-state index < -0.39 is 17.8 Å². The van der Waals surface area contributed by atoms with Crippen molar-refractivity contribution in [1.29, 1.82) is 0 Å². The van der Waals surface area contributed by atoms with Gasteiger partial charge in [0.05, 0.1) is 12.0 Å². The van der Waals surface area contributed by atoms with E-state index in [1.807, 2.05) is 37.3 Å². The van der Waals surface area contributed by atoms with Crippen LogP contribution in [0.3, 0.4) is 0 Å². The highest BCUT2D eigenvalue weighted by Gasteiger charge is 2.25. The molecular formula is C21H24N2O4S. The van der Waals surface area contributed by atoms with Crippen molar-refractivity contribution in [3.8, 4) is 0 Å². The average molecular weight is 401 g/mol. The molecule has 1 unspecified atom stereocenters. The molecule has 0 spiro atoms. The van der Waals surface area contributed by atoms with Gasteiger partial charge in [0.15, 0.2) is 6.61 Å². The molecule has 2 amide bonds. The maximum absolute atomic E-state index is 12.2. The lowest BCUT2D eigenvalue weighted by molar-refractivity contribution is -0.147. The van der Waals surface area contributed by atoms with E-state index in [-0.39, 0.29) is 18.9 Å². The van der Waals surface area contributed by atoms with Crippen molar-refractivity contribution in [2.75, 3.05) is 11.9 Å². The van der Waals surface area contributed by atoms with Gasteiger partial charge in [-0.2, -0.15) is 0 Å². The standard InChI is InChI=1S/C21H24N2O4S/c1-13(14-7-3-2-4-8-14)11-18(25)27-12-17(24)23-21-19(20(22)26)15-9-5-6-10-16(15)28-21/h2-4,7-8,13H,5-6,9-12H2,1H3,(H2,22,26)(H,23,24). The van der Waals surface area contributed by atoms with E-state index in [2.05, 4.69) is 5.32 Å². The lowest BCUT2D eigenvalue weighted by Crippen LogP contribution is -2.23. The van der Waals surface area contributed by atoms with E-state index in [0.717, 1.165) is 41.7 Å². The first-order valence-electron chi connectivity index (χ1n) is 9.40. The molecule has 0 saturated heterocycles. The van der Waals surface area contributed by atoms with Crippen LogP contribution in [-0.2, 0) is 27.2 Å². The summed E-state index contributed by atoms with van der Waals surface area (Å²) in [6, 6.07) is 9.66. The second-order valence-corrected chi connectivity index (χ2v) is 8.11. The number of benzene rings is 1. The van der Waals surface area contributed by atoms with Crippen LogP contribution in [0.15, 0.2) is 30.3 Å². The third-order valence-corrected chi connectivity index (χ3v) is 6.08. The molecule has 0 aliphatic heterocycles. The molecule has 1 aromatic heterocycles. The van der Waals surface area contributed by atoms with Crippen LogP contribution < -0.4 is 11.1 Å². The molecule has 0 bridgehead atoms. The lowest BCUT2D eigenvalue weighted by Gasteiger charge is -2.12. The average Bonchev–Trinajstić information content (AvgIpc) is 3.05. The quantitative estimate of drug-likeness (QED) is 0.696. The third kappa shape index (κ3) is 4.78. The van der Waals surface area contributed by atoms with Gasteiger partial charge in [-0.05, 0) is 42.7 Å². The van der Waals surface area contributed by atoms with Gasteiger partial charge in [-0.15, -0.1) is 11.3 Å². The maximum atomic E-state index is 12.2. The van der Waals surface area contributed by atoms with Gasteiger partial charge in [-0.3, -0.25) is 14.4 Å². The fraction of sp³-hybridized carbons (Fsp3) is 0.381. The molecule has 1 atom stereocenters. The number of aryl methyl sites for hydroxylation is 1. The van der Waals surface area contributed by atoms with E-state index in [1.54, 1.807) is 0 Å². The van der Waals surface area contributed by atoms with Crippen molar-refractivity contribution in [2.45, 2.75) is 44.9 Å². The molecule has 1 heterocycles. The van der Waals surface area contributed by atoms with Gasteiger partial charge in [0.25, 0.3) is 11.8 Å². The monoisotopic (exact) mass is 400 g/mol. The Labute approximate surface area is 168 Å². The van der Waals surface area contributed by atoms with Gasteiger partial charge in [0.1, 0.15) is 5.00 Å². The highest BCUT2D eigenvalue weighted by atomic mass is 32.1. The van der Waals surface area contributed by atoms with Crippen molar-refractivity contribution < 1.29 is 19.1 Å². The first-order chi connectivity index (χ1) is 13.5. The molecule has 3 rings (SSSR count). The normalized spacial score (nSPS) is 14.0. The maximum Gasteiger partial charge on any atom is 0.306 e. The van der Waals surface area contributed by atoms with Gasteiger partial charge in [0.2, 0.25) is 0 Å². The minimum atomic E-state index is -0.539. The molecule has 0 saturated carbocycles. The Morgan fingerprint density at radius 1 is 1.18 bits per heavy atom. The summed E-state index contributed by atoms with van der Waals surface area (Å²) in [4.78, 5) is 37.2. The van der Waals surface area contributed by atoms with Gasteiger partial charge in [0, 0.05) is 4.88 Å². The number of esters is 1. The van der Waals surface area contributed by atoms with Crippen LogP contribution in [-0.4, -0.2) is 24.4 Å². The van der Waals surface area contributed by atoms with Crippen LogP contribution in [0, 0.1) is 0 Å². The molecule has 2 aromatic rings. The molecule has 3 N–H and O–H groups in total. The number of carbonyl (C=O) groups excluding carboxylic acids is 3. The molecule has 148 valence electrons. The number of hydrogen-bond donors (Lipinski definition) is 2. The number of primary amides is 1. The number of anilines is 1. The predicted molar refractivity (Wildman–Crippen MR) is 109 cm³/mol. The van der Waals surface area contributed by atoms with Crippen LogP contribution in [0.25, 0.3) is 0 Å². The zero-order valence-corrected chi connectivity index (χ0v) is 16.6. The highest BCUT2D eigenvalue weighted by molar-refractivity contribution is 7.17. The second-order valence-electron chi connectivity index (χ2n) is 7.00. The largest absolute Gasteiger partial charge is 0.456 e. The molecule has 1 aliphatic carbocycles. The molecular weight excluding hydrogens is 376 g/mol. The number of rotatable bonds is 7. The number of nitrogens with two attached hydrogens (primary N) is 1. The van der Waals surface area contributed by atoms with Crippen molar-refractivity contribution in [1.82, 2.24) is 0 Å². The van der Waals surface area contributed by atoms with Crippen LogP contribution in [0.5, 0.6) is 0 Å². The fourth-order valence-electron chi connectivity index (χ4n) is 3.43. The summed E-state index contributed by atoms with van der Waals surface area (Å²) in [5.74, 6) is -1.44. The number of nitrogens with one attached hydrogen (secondary N) is 1. The zero-order valence-electron chi connectivity index (χ0n) is 15.8. The smallest absolute Gasteiger partial charge is 0.306 e. The topological polar surface area (TPSA) is 98.5 Å². The van der Waals surface area contributed by atoms with Gasteiger partial charge in [-0.25, -0.2) is 0 Å². The molecule has 7 heteroatoms. The summed E-state index contributed by atoms with van der Waals surface area (Å²) in [5.41, 5.74) is 7.91.